The molecule has 5 heteroatoms. The fraction of sp³-hybridized carbons (Fsp3) is 0.500. The van der Waals surface area contributed by atoms with Gasteiger partial charge in [-0.2, -0.15) is 0 Å². The fourth-order valence-electron chi connectivity index (χ4n) is 3.64. The molecule has 23 heavy (non-hydrogen) atoms. The third kappa shape index (κ3) is 3.20. The number of fused-ring (bicyclic) bond motifs is 1. The molecule has 0 unspecified atom stereocenters. The molecule has 2 aromatic heterocycles. The Morgan fingerprint density at radius 3 is 2.52 bits per heavy atom. The van der Waals surface area contributed by atoms with Gasteiger partial charge in [-0.3, -0.25) is 9.88 Å². The molecule has 0 spiro atoms. The van der Waals surface area contributed by atoms with E-state index in [2.05, 4.69) is 36.9 Å². The highest BCUT2D eigenvalue weighted by Crippen LogP contribution is 2.27. The zero-order valence-corrected chi connectivity index (χ0v) is 13.5. The minimum atomic E-state index is 1.01. The largest absolute Gasteiger partial charge is 0.354 e. The summed E-state index contributed by atoms with van der Waals surface area (Å²) >= 11 is 0. The van der Waals surface area contributed by atoms with Crippen LogP contribution in [0.25, 0.3) is 0 Å². The third-order valence-electron chi connectivity index (χ3n) is 4.93. The number of anilines is 1. The van der Waals surface area contributed by atoms with Crippen LogP contribution in [0.4, 0.5) is 5.82 Å². The minimum Gasteiger partial charge on any atom is -0.354 e. The number of pyridine rings is 1. The molecule has 0 amide bonds. The number of nitrogens with zero attached hydrogens (tertiary/aromatic N) is 5. The lowest BCUT2D eigenvalue weighted by atomic mass is 9.96. The van der Waals surface area contributed by atoms with Gasteiger partial charge in [-0.1, -0.05) is 0 Å². The Hall–Kier alpha value is -2.01. The molecule has 5 nitrogen and oxygen atoms in total. The first-order valence-electron chi connectivity index (χ1n) is 8.59. The molecule has 0 radical (unpaired) electrons. The Morgan fingerprint density at radius 2 is 1.70 bits per heavy atom. The Kier molecular flexibility index (Phi) is 4.20. The van der Waals surface area contributed by atoms with Crippen LogP contribution in [-0.2, 0) is 19.4 Å². The number of hydrogen-bond donors (Lipinski definition) is 0. The summed E-state index contributed by atoms with van der Waals surface area (Å²) in [6.07, 6.45) is 10.3. The molecule has 1 fully saturated rings. The van der Waals surface area contributed by atoms with Crippen molar-refractivity contribution in [2.75, 3.05) is 31.1 Å². The van der Waals surface area contributed by atoms with Crippen LogP contribution >= 0.6 is 0 Å². The molecule has 2 aliphatic rings. The SMILES string of the molecule is c1cc(CN2CCN(c3ncnc4c3CCCC4)CC2)ccn1. The van der Waals surface area contributed by atoms with E-state index in [9.17, 15) is 0 Å². The monoisotopic (exact) mass is 309 g/mol. The second kappa shape index (κ2) is 6.62. The quantitative estimate of drug-likeness (QED) is 0.868. The Morgan fingerprint density at radius 1 is 0.913 bits per heavy atom. The van der Waals surface area contributed by atoms with Crippen molar-refractivity contribution >= 4 is 5.82 Å². The summed E-state index contributed by atoms with van der Waals surface area (Å²) in [7, 11) is 0. The second-order valence-electron chi connectivity index (χ2n) is 6.45. The summed E-state index contributed by atoms with van der Waals surface area (Å²) in [5, 5.41) is 0. The zero-order chi connectivity index (χ0) is 15.5. The number of aryl methyl sites for hydroxylation is 1. The van der Waals surface area contributed by atoms with E-state index < -0.39 is 0 Å². The van der Waals surface area contributed by atoms with Crippen molar-refractivity contribution in [3.63, 3.8) is 0 Å². The number of hydrogen-bond acceptors (Lipinski definition) is 5. The summed E-state index contributed by atoms with van der Waals surface area (Å²) in [4.78, 5) is 18.2. The van der Waals surface area contributed by atoms with Gasteiger partial charge in [0.15, 0.2) is 0 Å². The van der Waals surface area contributed by atoms with Gasteiger partial charge in [0.1, 0.15) is 12.1 Å². The Balaban J connectivity index is 1.42. The van der Waals surface area contributed by atoms with Crippen molar-refractivity contribution in [2.24, 2.45) is 0 Å². The normalized spacial score (nSPS) is 18.7. The lowest BCUT2D eigenvalue weighted by Crippen LogP contribution is -2.46. The van der Waals surface area contributed by atoms with E-state index in [0.29, 0.717) is 0 Å². The molecular formula is C18H23N5. The predicted molar refractivity (Wildman–Crippen MR) is 90.4 cm³/mol. The third-order valence-corrected chi connectivity index (χ3v) is 4.93. The summed E-state index contributed by atoms with van der Waals surface area (Å²) in [6.45, 7) is 5.28. The van der Waals surface area contributed by atoms with Crippen LogP contribution in [0.5, 0.6) is 0 Å². The van der Waals surface area contributed by atoms with Gasteiger partial charge in [0.05, 0.1) is 0 Å². The molecule has 2 aromatic rings. The molecule has 1 aliphatic heterocycles. The highest BCUT2D eigenvalue weighted by molar-refractivity contribution is 5.50. The Bertz CT molecular complexity index is 650. The van der Waals surface area contributed by atoms with E-state index in [-0.39, 0.29) is 0 Å². The van der Waals surface area contributed by atoms with Crippen LogP contribution in [0, 0.1) is 0 Å². The van der Waals surface area contributed by atoms with Crippen LogP contribution < -0.4 is 4.90 Å². The summed E-state index contributed by atoms with van der Waals surface area (Å²) in [5.41, 5.74) is 4.02. The van der Waals surface area contributed by atoms with E-state index in [4.69, 9.17) is 0 Å². The summed E-state index contributed by atoms with van der Waals surface area (Å²) in [6, 6.07) is 4.21. The minimum absolute atomic E-state index is 1.01. The van der Waals surface area contributed by atoms with Gasteiger partial charge in [0.25, 0.3) is 0 Å². The van der Waals surface area contributed by atoms with Gasteiger partial charge in [-0.25, -0.2) is 9.97 Å². The van der Waals surface area contributed by atoms with E-state index in [0.717, 1.165) is 45.6 Å². The van der Waals surface area contributed by atoms with Gasteiger partial charge < -0.3 is 4.90 Å². The molecule has 0 aromatic carbocycles. The number of piperazine rings is 1. The van der Waals surface area contributed by atoms with Crippen LogP contribution in [-0.4, -0.2) is 46.0 Å². The van der Waals surface area contributed by atoms with Crippen LogP contribution in [0.2, 0.25) is 0 Å². The highest BCUT2D eigenvalue weighted by atomic mass is 15.3. The topological polar surface area (TPSA) is 45.2 Å². The van der Waals surface area contributed by atoms with Crippen molar-refractivity contribution < 1.29 is 0 Å². The molecule has 0 bridgehead atoms. The van der Waals surface area contributed by atoms with E-state index in [1.807, 2.05) is 12.4 Å². The van der Waals surface area contributed by atoms with Crippen molar-refractivity contribution in [1.82, 2.24) is 19.9 Å². The molecule has 1 saturated heterocycles. The maximum atomic E-state index is 4.61. The van der Waals surface area contributed by atoms with Crippen molar-refractivity contribution in [2.45, 2.75) is 32.2 Å². The molecule has 0 atom stereocenters. The summed E-state index contributed by atoms with van der Waals surface area (Å²) < 4.78 is 0. The second-order valence-corrected chi connectivity index (χ2v) is 6.45. The van der Waals surface area contributed by atoms with Crippen LogP contribution in [0.15, 0.2) is 30.9 Å². The molecule has 120 valence electrons. The standard InChI is InChI=1S/C18H23N5/c1-2-4-17-16(3-1)18(21-14-20-17)23-11-9-22(10-12-23)13-15-5-7-19-8-6-15/h5-8,14H,1-4,9-13H2. The fourth-order valence-corrected chi connectivity index (χ4v) is 3.64. The summed E-state index contributed by atoms with van der Waals surface area (Å²) in [5.74, 6) is 1.19. The maximum absolute atomic E-state index is 4.61. The highest BCUT2D eigenvalue weighted by Gasteiger charge is 2.23. The molecular weight excluding hydrogens is 286 g/mol. The molecule has 4 rings (SSSR count). The van der Waals surface area contributed by atoms with Gasteiger partial charge in [-0.05, 0) is 43.4 Å². The van der Waals surface area contributed by atoms with E-state index >= 15 is 0 Å². The van der Waals surface area contributed by atoms with Crippen molar-refractivity contribution in [3.8, 4) is 0 Å². The first kappa shape index (κ1) is 14.6. The lowest BCUT2D eigenvalue weighted by molar-refractivity contribution is 0.249. The average Bonchev–Trinajstić information content (AvgIpc) is 2.63. The molecule has 0 saturated carbocycles. The Labute approximate surface area is 137 Å². The van der Waals surface area contributed by atoms with Gasteiger partial charge >= 0.3 is 0 Å². The first-order chi connectivity index (χ1) is 11.4. The zero-order valence-electron chi connectivity index (χ0n) is 13.5. The average molecular weight is 309 g/mol. The molecule has 1 aliphatic carbocycles. The van der Waals surface area contributed by atoms with Gasteiger partial charge in [0.2, 0.25) is 0 Å². The van der Waals surface area contributed by atoms with Gasteiger partial charge in [0, 0.05) is 56.4 Å². The van der Waals surface area contributed by atoms with Gasteiger partial charge in [-0.15, -0.1) is 0 Å². The van der Waals surface area contributed by atoms with E-state index in [1.165, 1.54) is 35.5 Å². The van der Waals surface area contributed by atoms with Crippen molar-refractivity contribution in [3.05, 3.63) is 47.7 Å². The molecule has 3 heterocycles. The van der Waals surface area contributed by atoms with Crippen LogP contribution in [0.1, 0.15) is 29.7 Å². The smallest absolute Gasteiger partial charge is 0.135 e. The first-order valence-corrected chi connectivity index (χ1v) is 8.59. The number of aromatic nitrogens is 3. The maximum Gasteiger partial charge on any atom is 0.135 e. The molecule has 0 N–H and O–H groups in total. The lowest BCUT2D eigenvalue weighted by Gasteiger charge is -2.36. The van der Waals surface area contributed by atoms with E-state index in [1.54, 1.807) is 6.33 Å². The predicted octanol–water partition coefficient (Wildman–Crippen LogP) is 2.07. The van der Waals surface area contributed by atoms with Crippen molar-refractivity contribution in [1.29, 1.82) is 0 Å². The number of rotatable bonds is 3. The van der Waals surface area contributed by atoms with Crippen LogP contribution in [0.3, 0.4) is 0 Å².